The van der Waals surface area contributed by atoms with Gasteiger partial charge in [0, 0.05) is 31.7 Å². The third-order valence-corrected chi connectivity index (χ3v) is 3.52. The highest BCUT2D eigenvalue weighted by Gasteiger charge is 2.20. The maximum atomic E-state index is 12.0. The van der Waals surface area contributed by atoms with Crippen LogP contribution in [-0.4, -0.2) is 49.3 Å². The monoisotopic (exact) mass is 256 g/mol. The SMILES string of the molecule is CC(CS(C)(=O)=O)N(C)C(=O)c1cccnc1. The number of sulfone groups is 1. The van der Waals surface area contributed by atoms with Gasteiger partial charge < -0.3 is 4.90 Å². The predicted molar refractivity (Wildman–Crippen MR) is 65.5 cm³/mol. The van der Waals surface area contributed by atoms with E-state index in [9.17, 15) is 13.2 Å². The highest BCUT2D eigenvalue weighted by atomic mass is 32.2. The van der Waals surface area contributed by atoms with Crippen LogP contribution in [0.15, 0.2) is 24.5 Å². The average Bonchev–Trinajstić information content (AvgIpc) is 2.26. The Balaban J connectivity index is 2.77. The van der Waals surface area contributed by atoms with Crippen molar-refractivity contribution in [2.24, 2.45) is 0 Å². The molecule has 5 nitrogen and oxygen atoms in total. The zero-order valence-corrected chi connectivity index (χ0v) is 10.9. The van der Waals surface area contributed by atoms with Crippen LogP contribution >= 0.6 is 0 Å². The standard InChI is InChI=1S/C11H16N2O3S/c1-9(8-17(3,15)16)13(2)11(14)10-5-4-6-12-7-10/h4-7,9H,8H2,1-3H3. The highest BCUT2D eigenvalue weighted by Crippen LogP contribution is 2.06. The van der Waals surface area contributed by atoms with Crippen molar-refractivity contribution in [2.45, 2.75) is 13.0 Å². The molecule has 1 rings (SSSR count). The number of hydrogen-bond donors (Lipinski definition) is 0. The molecule has 0 saturated carbocycles. The van der Waals surface area contributed by atoms with Gasteiger partial charge in [-0.15, -0.1) is 0 Å². The first-order valence-corrected chi connectivity index (χ1v) is 7.22. The summed E-state index contributed by atoms with van der Waals surface area (Å²) in [6.07, 6.45) is 4.20. The van der Waals surface area contributed by atoms with Crippen molar-refractivity contribution in [3.8, 4) is 0 Å². The number of rotatable bonds is 4. The zero-order chi connectivity index (χ0) is 13.1. The van der Waals surface area contributed by atoms with E-state index < -0.39 is 9.84 Å². The van der Waals surface area contributed by atoms with Crippen LogP contribution in [0.1, 0.15) is 17.3 Å². The molecular formula is C11H16N2O3S. The lowest BCUT2D eigenvalue weighted by Gasteiger charge is -2.24. The molecule has 0 aromatic carbocycles. The van der Waals surface area contributed by atoms with Crippen LogP contribution in [0, 0.1) is 0 Å². The van der Waals surface area contributed by atoms with Gasteiger partial charge in [-0.3, -0.25) is 9.78 Å². The normalized spacial score (nSPS) is 13.1. The molecule has 1 atom stereocenters. The molecule has 6 heteroatoms. The van der Waals surface area contributed by atoms with Crippen molar-refractivity contribution in [1.82, 2.24) is 9.88 Å². The van der Waals surface area contributed by atoms with Gasteiger partial charge in [0.1, 0.15) is 9.84 Å². The molecule has 1 aromatic heterocycles. The van der Waals surface area contributed by atoms with Crippen LogP contribution in [0.2, 0.25) is 0 Å². The van der Waals surface area contributed by atoms with Gasteiger partial charge in [0.2, 0.25) is 0 Å². The summed E-state index contributed by atoms with van der Waals surface area (Å²) in [6.45, 7) is 1.70. The van der Waals surface area contributed by atoms with E-state index >= 15 is 0 Å². The summed E-state index contributed by atoms with van der Waals surface area (Å²) >= 11 is 0. The van der Waals surface area contributed by atoms with E-state index in [1.165, 1.54) is 11.1 Å². The molecule has 1 amide bonds. The number of nitrogens with zero attached hydrogens (tertiary/aromatic N) is 2. The van der Waals surface area contributed by atoms with Crippen LogP contribution in [0.4, 0.5) is 0 Å². The van der Waals surface area contributed by atoms with Crippen molar-refractivity contribution >= 4 is 15.7 Å². The van der Waals surface area contributed by atoms with Gasteiger partial charge >= 0.3 is 0 Å². The van der Waals surface area contributed by atoms with Crippen LogP contribution < -0.4 is 0 Å². The van der Waals surface area contributed by atoms with E-state index in [-0.39, 0.29) is 17.7 Å². The topological polar surface area (TPSA) is 67.3 Å². The minimum Gasteiger partial charge on any atom is -0.338 e. The van der Waals surface area contributed by atoms with Crippen LogP contribution in [-0.2, 0) is 9.84 Å². The molecule has 0 bridgehead atoms. The van der Waals surface area contributed by atoms with E-state index in [4.69, 9.17) is 0 Å². The molecular weight excluding hydrogens is 240 g/mol. The Morgan fingerprint density at radius 2 is 2.18 bits per heavy atom. The maximum Gasteiger partial charge on any atom is 0.255 e. The second-order valence-electron chi connectivity index (χ2n) is 4.10. The van der Waals surface area contributed by atoms with Crippen LogP contribution in [0.3, 0.4) is 0 Å². The Hall–Kier alpha value is -1.43. The van der Waals surface area contributed by atoms with E-state index in [1.807, 2.05) is 0 Å². The summed E-state index contributed by atoms with van der Waals surface area (Å²) in [6, 6.07) is 2.96. The maximum absolute atomic E-state index is 12.0. The fourth-order valence-electron chi connectivity index (χ4n) is 1.44. The summed E-state index contributed by atoms with van der Waals surface area (Å²) in [5, 5.41) is 0. The summed E-state index contributed by atoms with van der Waals surface area (Å²) in [4.78, 5) is 17.2. The van der Waals surface area contributed by atoms with Gasteiger partial charge in [-0.25, -0.2) is 8.42 Å². The fraction of sp³-hybridized carbons (Fsp3) is 0.455. The van der Waals surface area contributed by atoms with Gasteiger partial charge in [0.15, 0.2) is 0 Å². The molecule has 0 aliphatic rings. The molecule has 94 valence electrons. The van der Waals surface area contributed by atoms with Gasteiger partial charge in [-0.1, -0.05) is 0 Å². The minimum absolute atomic E-state index is 0.0461. The Labute approximate surface area is 101 Å². The molecule has 0 aliphatic heterocycles. The number of carbonyl (C=O) groups excluding carboxylic acids is 1. The molecule has 0 saturated heterocycles. The van der Waals surface area contributed by atoms with Crippen molar-refractivity contribution in [1.29, 1.82) is 0 Å². The van der Waals surface area contributed by atoms with Gasteiger partial charge in [0.25, 0.3) is 5.91 Å². The first kappa shape index (κ1) is 13.6. The Morgan fingerprint density at radius 3 is 2.65 bits per heavy atom. The van der Waals surface area contributed by atoms with Crippen LogP contribution in [0.5, 0.6) is 0 Å². The largest absolute Gasteiger partial charge is 0.338 e. The second kappa shape index (κ2) is 5.27. The lowest BCUT2D eigenvalue weighted by atomic mass is 10.2. The van der Waals surface area contributed by atoms with Gasteiger partial charge in [-0.05, 0) is 19.1 Å². The molecule has 0 fully saturated rings. The molecule has 0 N–H and O–H groups in total. The third-order valence-electron chi connectivity index (χ3n) is 2.43. The van der Waals surface area contributed by atoms with Crippen molar-refractivity contribution < 1.29 is 13.2 Å². The molecule has 0 aliphatic carbocycles. The number of amides is 1. The van der Waals surface area contributed by atoms with Crippen molar-refractivity contribution in [2.75, 3.05) is 19.1 Å². The molecule has 1 aromatic rings. The molecule has 17 heavy (non-hydrogen) atoms. The first-order chi connectivity index (χ1) is 7.81. The van der Waals surface area contributed by atoms with Gasteiger partial charge in [0.05, 0.1) is 11.3 Å². The Kier molecular flexibility index (Phi) is 4.22. The number of aromatic nitrogens is 1. The smallest absolute Gasteiger partial charge is 0.255 e. The van der Waals surface area contributed by atoms with E-state index in [2.05, 4.69) is 4.98 Å². The van der Waals surface area contributed by atoms with Crippen LogP contribution in [0.25, 0.3) is 0 Å². The highest BCUT2D eigenvalue weighted by molar-refractivity contribution is 7.90. The number of carbonyl (C=O) groups is 1. The minimum atomic E-state index is -3.09. The number of hydrogen-bond acceptors (Lipinski definition) is 4. The lowest BCUT2D eigenvalue weighted by molar-refractivity contribution is 0.0756. The zero-order valence-electron chi connectivity index (χ0n) is 10.1. The number of pyridine rings is 1. The summed E-state index contributed by atoms with van der Waals surface area (Å²) in [5.41, 5.74) is 0.454. The van der Waals surface area contributed by atoms with E-state index in [0.717, 1.165) is 6.26 Å². The van der Waals surface area contributed by atoms with Crippen molar-refractivity contribution in [3.63, 3.8) is 0 Å². The molecule has 0 spiro atoms. The Morgan fingerprint density at radius 1 is 1.53 bits per heavy atom. The summed E-state index contributed by atoms with van der Waals surface area (Å²) < 4.78 is 22.3. The lowest BCUT2D eigenvalue weighted by Crippen LogP contribution is -2.39. The second-order valence-corrected chi connectivity index (χ2v) is 6.28. The first-order valence-electron chi connectivity index (χ1n) is 5.16. The quantitative estimate of drug-likeness (QED) is 0.790. The van der Waals surface area contributed by atoms with Crippen molar-refractivity contribution in [3.05, 3.63) is 30.1 Å². The molecule has 0 radical (unpaired) electrons. The molecule has 1 unspecified atom stereocenters. The summed E-state index contributed by atoms with van der Waals surface area (Å²) in [5.74, 6) is -0.274. The fourth-order valence-corrected chi connectivity index (χ4v) is 2.54. The predicted octanol–water partition coefficient (Wildman–Crippen LogP) is 0.587. The average molecular weight is 256 g/mol. The van der Waals surface area contributed by atoms with E-state index in [1.54, 1.807) is 32.3 Å². The summed E-state index contributed by atoms with van der Waals surface area (Å²) in [7, 11) is -1.51. The molecule has 1 heterocycles. The van der Waals surface area contributed by atoms with E-state index in [0.29, 0.717) is 5.56 Å². The Bertz CT molecular complexity index is 485. The third kappa shape index (κ3) is 4.14. The van der Waals surface area contributed by atoms with Gasteiger partial charge in [-0.2, -0.15) is 0 Å².